The van der Waals surface area contributed by atoms with Crippen molar-refractivity contribution in [2.75, 3.05) is 28.4 Å². The molecular weight excluding hydrogens is 519 g/mol. The number of benzene rings is 3. The van der Waals surface area contributed by atoms with Gasteiger partial charge < -0.3 is 23.8 Å². The molecule has 4 rings (SSSR count). The number of pyridine rings is 1. The molecule has 0 radical (unpaired) electrons. The molecule has 0 aliphatic carbocycles. The highest BCUT2D eigenvalue weighted by atomic mass is 35.5. The maximum absolute atomic E-state index is 12.9. The SMILES string of the molecule is COc1ccc(C(=NOC(=O)c2ccc(Cl)cc2Cl)c2nccc3cc(OC)c(OC)cc23)cc1OC. The van der Waals surface area contributed by atoms with E-state index in [1.165, 1.54) is 32.4 Å². The lowest BCUT2D eigenvalue weighted by atomic mass is 10.0. The second kappa shape index (κ2) is 11.4. The first-order valence-corrected chi connectivity index (χ1v) is 11.6. The van der Waals surface area contributed by atoms with Gasteiger partial charge in [-0.05, 0) is 60.0 Å². The molecule has 3 aromatic carbocycles. The van der Waals surface area contributed by atoms with Crippen LogP contribution in [-0.2, 0) is 4.84 Å². The van der Waals surface area contributed by atoms with Crippen molar-refractivity contribution in [3.63, 3.8) is 0 Å². The Bertz CT molecular complexity index is 1510. The van der Waals surface area contributed by atoms with Crippen LogP contribution in [0.1, 0.15) is 21.6 Å². The van der Waals surface area contributed by atoms with Crippen molar-refractivity contribution >= 4 is 45.7 Å². The molecule has 0 atom stereocenters. The van der Waals surface area contributed by atoms with Crippen molar-refractivity contribution < 1.29 is 28.6 Å². The predicted molar refractivity (Wildman–Crippen MR) is 142 cm³/mol. The van der Waals surface area contributed by atoms with Gasteiger partial charge in [0.25, 0.3) is 0 Å². The molecule has 10 heteroatoms. The molecule has 190 valence electrons. The molecule has 37 heavy (non-hydrogen) atoms. The summed E-state index contributed by atoms with van der Waals surface area (Å²) in [6, 6.07) is 15.1. The Morgan fingerprint density at radius 1 is 0.784 bits per heavy atom. The number of rotatable bonds is 8. The number of methoxy groups -OCH3 is 4. The van der Waals surface area contributed by atoms with Gasteiger partial charge in [0, 0.05) is 22.2 Å². The van der Waals surface area contributed by atoms with Gasteiger partial charge in [-0.2, -0.15) is 0 Å². The number of hydrogen-bond donors (Lipinski definition) is 0. The molecule has 0 aliphatic rings. The summed E-state index contributed by atoms with van der Waals surface area (Å²) in [7, 11) is 6.16. The summed E-state index contributed by atoms with van der Waals surface area (Å²) in [6.07, 6.45) is 1.62. The molecule has 0 bridgehead atoms. The van der Waals surface area contributed by atoms with Gasteiger partial charge in [0.2, 0.25) is 0 Å². The zero-order valence-corrected chi connectivity index (χ0v) is 21.9. The van der Waals surface area contributed by atoms with Crippen molar-refractivity contribution in [1.82, 2.24) is 4.98 Å². The number of oxime groups is 1. The fourth-order valence-electron chi connectivity index (χ4n) is 3.70. The van der Waals surface area contributed by atoms with Crippen molar-refractivity contribution in [2.45, 2.75) is 0 Å². The molecule has 0 spiro atoms. The first kappa shape index (κ1) is 26.1. The van der Waals surface area contributed by atoms with Gasteiger partial charge in [0.05, 0.1) is 39.0 Å². The summed E-state index contributed by atoms with van der Waals surface area (Å²) in [5.41, 5.74) is 1.36. The van der Waals surface area contributed by atoms with Gasteiger partial charge in [0.1, 0.15) is 11.4 Å². The third-order valence-electron chi connectivity index (χ3n) is 5.52. The largest absolute Gasteiger partial charge is 0.493 e. The Labute approximate surface area is 223 Å². The summed E-state index contributed by atoms with van der Waals surface area (Å²) < 4.78 is 21.7. The molecule has 0 unspecified atom stereocenters. The zero-order valence-electron chi connectivity index (χ0n) is 20.4. The van der Waals surface area contributed by atoms with E-state index in [0.29, 0.717) is 44.7 Å². The average molecular weight is 541 g/mol. The smallest absolute Gasteiger partial charge is 0.367 e. The quantitative estimate of drug-likeness (QED) is 0.149. The Balaban J connectivity index is 1.89. The minimum atomic E-state index is -0.765. The van der Waals surface area contributed by atoms with Gasteiger partial charge in [-0.15, -0.1) is 0 Å². The summed E-state index contributed by atoms with van der Waals surface area (Å²) in [4.78, 5) is 22.8. The first-order valence-electron chi connectivity index (χ1n) is 10.9. The fraction of sp³-hybridized carbons (Fsp3) is 0.148. The molecule has 0 saturated heterocycles. The maximum Gasteiger partial charge on any atom is 0.367 e. The molecule has 0 aliphatic heterocycles. The molecular formula is C27H22Cl2N2O6. The molecule has 8 nitrogen and oxygen atoms in total. The second-order valence-corrected chi connectivity index (χ2v) is 8.44. The Hall–Kier alpha value is -4.01. The van der Waals surface area contributed by atoms with Crippen LogP contribution in [0, 0.1) is 0 Å². The van der Waals surface area contributed by atoms with Crippen LogP contribution in [0.5, 0.6) is 23.0 Å². The number of ether oxygens (including phenoxy) is 4. The minimum absolute atomic E-state index is 0.110. The van der Waals surface area contributed by atoms with Crippen molar-refractivity contribution in [1.29, 1.82) is 0 Å². The van der Waals surface area contributed by atoms with Crippen LogP contribution in [0.3, 0.4) is 0 Å². The number of carbonyl (C=O) groups is 1. The number of aromatic nitrogens is 1. The van der Waals surface area contributed by atoms with E-state index < -0.39 is 5.97 Å². The highest BCUT2D eigenvalue weighted by Crippen LogP contribution is 2.35. The predicted octanol–water partition coefficient (Wildman–Crippen LogP) is 6.19. The average Bonchev–Trinajstić information content (AvgIpc) is 2.92. The van der Waals surface area contributed by atoms with E-state index in [4.69, 9.17) is 47.0 Å². The van der Waals surface area contributed by atoms with Gasteiger partial charge in [0.15, 0.2) is 23.0 Å². The summed E-state index contributed by atoms with van der Waals surface area (Å²) in [5.74, 6) is 1.27. The van der Waals surface area contributed by atoms with Crippen LogP contribution < -0.4 is 18.9 Å². The van der Waals surface area contributed by atoms with Crippen molar-refractivity contribution in [3.05, 3.63) is 87.7 Å². The van der Waals surface area contributed by atoms with E-state index in [0.717, 1.165) is 5.39 Å². The lowest BCUT2D eigenvalue weighted by Crippen LogP contribution is -2.11. The topological polar surface area (TPSA) is 88.5 Å². The third kappa shape index (κ3) is 5.40. The number of carbonyl (C=O) groups excluding carboxylic acids is 1. The van der Waals surface area contributed by atoms with Gasteiger partial charge >= 0.3 is 5.97 Å². The highest BCUT2D eigenvalue weighted by Gasteiger charge is 2.20. The van der Waals surface area contributed by atoms with E-state index in [9.17, 15) is 4.79 Å². The van der Waals surface area contributed by atoms with Crippen LogP contribution in [0.2, 0.25) is 10.0 Å². The Kier molecular flexibility index (Phi) is 8.01. The van der Waals surface area contributed by atoms with Crippen LogP contribution in [0.4, 0.5) is 0 Å². The molecule has 0 saturated carbocycles. The van der Waals surface area contributed by atoms with Crippen molar-refractivity contribution in [2.24, 2.45) is 5.16 Å². The summed E-state index contributed by atoms with van der Waals surface area (Å²) in [5, 5.41) is 6.25. The van der Waals surface area contributed by atoms with E-state index in [1.807, 2.05) is 12.1 Å². The lowest BCUT2D eigenvalue weighted by Gasteiger charge is -2.14. The molecule has 4 aromatic rings. The number of halogens is 2. The second-order valence-electron chi connectivity index (χ2n) is 7.60. The lowest BCUT2D eigenvalue weighted by molar-refractivity contribution is 0.0517. The van der Waals surface area contributed by atoms with Crippen LogP contribution in [0.25, 0.3) is 10.8 Å². The van der Waals surface area contributed by atoms with E-state index in [1.54, 1.807) is 44.7 Å². The first-order chi connectivity index (χ1) is 17.9. The number of fused-ring (bicyclic) bond motifs is 1. The number of hydrogen-bond acceptors (Lipinski definition) is 8. The fourth-order valence-corrected chi connectivity index (χ4v) is 4.18. The van der Waals surface area contributed by atoms with Crippen molar-refractivity contribution in [3.8, 4) is 23.0 Å². The van der Waals surface area contributed by atoms with Gasteiger partial charge in [-0.25, -0.2) is 4.79 Å². The normalized spacial score (nSPS) is 11.2. The van der Waals surface area contributed by atoms with Gasteiger partial charge in [-0.1, -0.05) is 28.4 Å². The molecule has 0 fully saturated rings. The Morgan fingerprint density at radius 2 is 1.46 bits per heavy atom. The monoisotopic (exact) mass is 540 g/mol. The molecule has 1 heterocycles. The van der Waals surface area contributed by atoms with Gasteiger partial charge in [-0.3, -0.25) is 4.98 Å². The molecule has 0 amide bonds. The zero-order chi connectivity index (χ0) is 26.5. The minimum Gasteiger partial charge on any atom is -0.493 e. The molecule has 0 N–H and O–H groups in total. The summed E-state index contributed by atoms with van der Waals surface area (Å²) in [6.45, 7) is 0. The Morgan fingerprint density at radius 3 is 2.14 bits per heavy atom. The standard InChI is InChI=1S/C27H22Cl2N2O6/c1-33-21-8-5-16(12-22(21)34-2)25(31-37-27(32)18-7-6-17(28)13-20(18)29)26-19-14-24(36-4)23(35-3)11-15(19)9-10-30-26/h5-14H,1-4H3. The van der Waals surface area contributed by atoms with E-state index in [2.05, 4.69) is 10.1 Å². The van der Waals surface area contributed by atoms with Crippen LogP contribution >= 0.6 is 23.2 Å². The third-order valence-corrected chi connectivity index (χ3v) is 6.07. The van der Waals surface area contributed by atoms with E-state index >= 15 is 0 Å². The maximum atomic E-state index is 12.9. The molecule has 1 aromatic heterocycles. The summed E-state index contributed by atoms with van der Waals surface area (Å²) >= 11 is 12.1. The van der Waals surface area contributed by atoms with E-state index in [-0.39, 0.29) is 16.3 Å². The highest BCUT2D eigenvalue weighted by molar-refractivity contribution is 6.36. The number of nitrogens with zero attached hydrogens (tertiary/aromatic N) is 2. The van der Waals surface area contributed by atoms with Crippen LogP contribution in [-0.4, -0.2) is 45.1 Å². The van der Waals surface area contributed by atoms with Crippen LogP contribution in [0.15, 0.2) is 65.9 Å².